The van der Waals surface area contributed by atoms with E-state index in [1.807, 2.05) is 31.2 Å². The largest absolute Gasteiger partial charge is 0.377 e. The molecule has 1 aliphatic heterocycles. The number of benzene rings is 1. The van der Waals surface area contributed by atoms with Gasteiger partial charge in [-0.15, -0.1) is 0 Å². The van der Waals surface area contributed by atoms with Gasteiger partial charge in [0.1, 0.15) is 0 Å². The molecule has 4 nitrogen and oxygen atoms in total. The molecule has 1 fully saturated rings. The number of rotatable bonds is 4. The van der Waals surface area contributed by atoms with Gasteiger partial charge in [-0.3, -0.25) is 4.79 Å². The Labute approximate surface area is 114 Å². The van der Waals surface area contributed by atoms with Crippen LogP contribution in [-0.4, -0.2) is 26.1 Å². The fourth-order valence-corrected chi connectivity index (χ4v) is 2.33. The summed E-state index contributed by atoms with van der Waals surface area (Å²) < 4.78 is 5.29. The van der Waals surface area contributed by atoms with Gasteiger partial charge in [-0.2, -0.15) is 0 Å². The van der Waals surface area contributed by atoms with Gasteiger partial charge < -0.3 is 15.4 Å². The third-order valence-electron chi connectivity index (χ3n) is 3.64. The fraction of sp³-hybridized carbons (Fsp3) is 0.533. The molecule has 1 aromatic rings. The van der Waals surface area contributed by atoms with Crippen molar-refractivity contribution >= 4 is 11.6 Å². The molecule has 1 saturated heterocycles. The third-order valence-corrected chi connectivity index (χ3v) is 3.64. The SMILES string of the molecule is COC(C)c1cccc(NC(=O)C2CCCNC2)c1. The highest BCUT2D eigenvalue weighted by atomic mass is 16.5. The summed E-state index contributed by atoms with van der Waals surface area (Å²) in [6.45, 7) is 3.79. The van der Waals surface area contributed by atoms with E-state index in [0.29, 0.717) is 0 Å². The Morgan fingerprint density at radius 2 is 2.37 bits per heavy atom. The third kappa shape index (κ3) is 3.78. The molecule has 2 N–H and O–H groups in total. The summed E-state index contributed by atoms with van der Waals surface area (Å²) >= 11 is 0. The number of amides is 1. The Morgan fingerprint density at radius 3 is 3.05 bits per heavy atom. The van der Waals surface area contributed by atoms with E-state index in [1.165, 1.54) is 0 Å². The van der Waals surface area contributed by atoms with Crippen LogP contribution in [0.2, 0.25) is 0 Å². The molecule has 0 aromatic heterocycles. The van der Waals surface area contributed by atoms with Crippen LogP contribution in [0.25, 0.3) is 0 Å². The summed E-state index contributed by atoms with van der Waals surface area (Å²) in [6.07, 6.45) is 2.07. The van der Waals surface area contributed by atoms with Crippen LogP contribution >= 0.6 is 0 Å². The van der Waals surface area contributed by atoms with Gasteiger partial charge >= 0.3 is 0 Å². The van der Waals surface area contributed by atoms with Crippen LogP contribution < -0.4 is 10.6 Å². The first-order valence-corrected chi connectivity index (χ1v) is 6.85. The second-order valence-corrected chi connectivity index (χ2v) is 5.04. The number of hydrogen-bond acceptors (Lipinski definition) is 3. The van der Waals surface area contributed by atoms with Crippen LogP contribution in [-0.2, 0) is 9.53 Å². The molecule has 1 heterocycles. The lowest BCUT2D eigenvalue weighted by atomic mass is 9.98. The second kappa shape index (κ2) is 6.68. The fourth-order valence-electron chi connectivity index (χ4n) is 2.33. The van der Waals surface area contributed by atoms with Crippen molar-refractivity contribution in [3.63, 3.8) is 0 Å². The van der Waals surface area contributed by atoms with Crippen molar-refractivity contribution < 1.29 is 9.53 Å². The van der Waals surface area contributed by atoms with Crippen molar-refractivity contribution in [3.8, 4) is 0 Å². The van der Waals surface area contributed by atoms with Crippen molar-refractivity contribution in [2.75, 3.05) is 25.5 Å². The molecule has 1 aromatic carbocycles. The Hall–Kier alpha value is -1.39. The van der Waals surface area contributed by atoms with Crippen molar-refractivity contribution in [1.29, 1.82) is 0 Å². The zero-order valence-corrected chi connectivity index (χ0v) is 11.6. The number of carbonyl (C=O) groups excluding carboxylic acids is 1. The van der Waals surface area contributed by atoms with Crippen LogP contribution in [0.4, 0.5) is 5.69 Å². The van der Waals surface area contributed by atoms with E-state index in [4.69, 9.17) is 4.74 Å². The summed E-state index contributed by atoms with van der Waals surface area (Å²) in [4.78, 5) is 12.1. The van der Waals surface area contributed by atoms with Gasteiger partial charge in [-0.1, -0.05) is 12.1 Å². The number of anilines is 1. The minimum Gasteiger partial charge on any atom is -0.377 e. The van der Waals surface area contributed by atoms with Crippen LogP contribution in [0.5, 0.6) is 0 Å². The summed E-state index contributed by atoms with van der Waals surface area (Å²) in [6, 6.07) is 7.84. The highest BCUT2D eigenvalue weighted by molar-refractivity contribution is 5.92. The predicted octanol–water partition coefficient (Wildman–Crippen LogP) is 2.33. The van der Waals surface area contributed by atoms with E-state index < -0.39 is 0 Å². The van der Waals surface area contributed by atoms with Crippen LogP contribution in [0, 0.1) is 5.92 Å². The maximum absolute atomic E-state index is 12.1. The zero-order valence-electron chi connectivity index (χ0n) is 11.6. The normalized spacial score (nSPS) is 20.8. The van der Waals surface area contributed by atoms with E-state index in [0.717, 1.165) is 37.2 Å². The molecule has 0 aliphatic carbocycles. The molecular formula is C15H22N2O2. The first-order valence-electron chi connectivity index (χ1n) is 6.85. The average molecular weight is 262 g/mol. The lowest BCUT2D eigenvalue weighted by Crippen LogP contribution is -2.37. The minimum absolute atomic E-state index is 0.0354. The predicted molar refractivity (Wildman–Crippen MR) is 76.1 cm³/mol. The summed E-state index contributed by atoms with van der Waals surface area (Å²) in [5.41, 5.74) is 1.92. The van der Waals surface area contributed by atoms with E-state index in [2.05, 4.69) is 10.6 Å². The molecule has 2 rings (SSSR count). The Bertz CT molecular complexity index is 428. The quantitative estimate of drug-likeness (QED) is 0.875. The molecule has 104 valence electrons. The van der Waals surface area contributed by atoms with Crippen molar-refractivity contribution in [2.45, 2.75) is 25.9 Å². The molecule has 2 unspecified atom stereocenters. The number of hydrogen-bond donors (Lipinski definition) is 2. The van der Waals surface area contributed by atoms with Crippen molar-refractivity contribution in [1.82, 2.24) is 5.32 Å². The molecule has 0 bridgehead atoms. The molecule has 0 spiro atoms. The number of piperidine rings is 1. The number of carbonyl (C=O) groups is 1. The van der Waals surface area contributed by atoms with E-state index >= 15 is 0 Å². The maximum atomic E-state index is 12.1. The monoisotopic (exact) mass is 262 g/mol. The first kappa shape index (κ1) is 14.0. The number of nitrogens with one attached hydrogen (secondary N) is 2. The van der Waals surface area contributed by atoms with Gasteiger partial charge in [0, 0.05) is 19.3 Å². The van der Waals surface area contributed by atoms with Crippen LogP contribution in [0.3, 0.4) is 0 Å². The Kier molecular flexibility index (Phi) is 4.93. The van der Waals surface area contributed by atoms with Gasteiger partial charge in [0.05, 0.1) is 12.0 Å². The molecule has 19 heavy (non-hydrogen) atoms. The number of methoxy groups -OCH3 is 1. The lowest BCUT2D eigenvalue weighted by molar-refractivity contribution is -0.120. The van der Waals surface area contributed by atoms with Gasteiger partial charge in [0.2, 0.25) is 5.91 Å². The molecule has 4 heteroatoms. The van der Waals surface area contributed by atoms with Gasteiger partial charge in [-0.25, -0.2) is 0 Å². The highest BCUT2D eigenvalue weighted by Gasteiger charge is 2.20. The van der Waals surface area contributed by atoms with Crippen molar-refractivity contribution in [2.24, 2.45) is 5.92 Å². The standard InChI is InChI=1S/C15H22N2O2/c1-11(19-2)12-5-3-7-14(9-12)17-15(18)13-6-4-8-16-10-13/h3,5,7,9,11,13,16H,4,6,8,10H2,1-2H3,(H,17,18). The Morgan fingerprint density at radius 1 is 1.53 bits per heavy atom. The molecule has 1 aliphatic rings. The summed E-state index contributed by atoms with van der Waals surface area (Å²) in [7, 11) is 1.68. The van der Waals surface area contributed by atoms with E-state index in [9.17, 15) is 4.79 Å². The molecule has 1 amide bonds. The van der Waals surface area contributed by atoms with Gasteiger partial charge in [0.15, 0.2) is 0 Å². The molecular weight excluding hydrogens is 240 g/mol. The first-order chi connectivity index (χ1) is 9.20. The second-order valence-electron chi connectivity index (χ2n) is 5.04. The summed E-state index contributed by atoms with van der Waals surface area (Å²) in [5, 5.41) is 6.26. The maximum Gasteiger partial charge on any atom is 0.228 e. The minimum atomic E-state index is 0.0354. The molecule has 2 atom stereocenters. The molecule has 0 saturated carbocycles. The molecule has 0 radical (unpaired) electrons. The highest BCUT2D eigenvalue weighted by Crippen LogP contribution is 2.20. The van der Waals surface area contributed by atoms with Crippen molar-refractivity contribution in [3.05, 3.63) is 29.8 Å². The van der Waals surface area contributed by atoms with E-state index in [-0.39, 0.29) is 17.9 Å². The summed E-state index contributed by atoms with van der Waals surface area (Å²) in [5.74, 6) is 0.187. The zero-order chi connectivity index (χ0) is 13.7. The van der Waals surface area contributed by atoms with E-state index in [1.54, 1.807) is 7.11 Å². The van der Waals surface area contributed by atoms with Crippen LogP contribution in [0.15, 0.2) is 24.3 Å². The smallest absolute Gasteiger partial charge is 0.228 e. The van der Waals surface area contributed by atoms with Crippen LogP contribution in [0.1, 0.15) is 31.4 Å². The van der Waals surface area contributed by atoms with Gasteiger partial charge in [-0.05, 0) is 44.0 Å². The van der Waals surface area contributed by atoms with Gasteiger partial charge in [0.25, 0.3) is 0 Å². The Balaban J connectivity index is 2.00. The topological polar surface area (TPSA) is 50.4 Å². The number of ether oxygens (including phenoxy) is 1. The average Bonchev–Trinajstić information content (AvgIpc) is 2.47. The lowest BCUT2D eigenvalue weighted by Gasteiger charge is -2.22.